The van der Waals surface area contributed by atoms with Gasteiger partial charge in [-0.2, -0.15) is 18.3 Å². The van der Waals surface area contributed by atoms with Crippen LogP contribution in [0, 0.1) is 0 Å². The van der Waals surface area contributed by atoms with Crippen molar-refractivity contribution in [3.63, 3.8) is 0 Å². The molecule has 0 unspecified atom stereocenters. The first-order valence-corrected chi connectivity index (χ1v) is 6.64. The van der Waals surface area contributed by atoms with Crippen molar-refractivity contribution in [1.29, 1.82) is 0 Å². The summed E-state index contributed by atoms with van der Waals surface area (Å²) in [6, 6.07) is 7.29. The van der Waals surface area contributed by atoms with E-state index >= 15 is 0 Å². The Bertz CT molecular complexity index is 811. The van der Waals surface area contributed by atoms with E-state index in [1.54, 1.807) is 31.3 Å². The first-order valence-electron chi connectivity index (χ1n) is 6.64. The molecule has 0 N–H and O–H groups in total. The zero-order valence-corrected chi connectivity index (χ0v) is 11.6. The average Bonchev–Trinajstić information content (AvgIpc) is 2.95. The Morgan fingerprint density at radius 3 is 2.68 bits per heavy atom. The number of rotatable bonds is 3. The number of halogens is 3. The highest BCUT2D eigenvalue weighted by atomic mass is 19.4. The highest BCUT2D eigenvalue weighted by Gasteiger charge is 2.34. The molecule has 0 fully saturated rings. The molecule has 1 aromatic carbocycles. The van der Waals surface area contributed by atoms with Gasteiger partial charge in [0.25, 0.3) is 0 Å². The summed E-state index contributed by atoms with van der Waals surface area (Å²) < 4.78 is 46.2. The molecule has 0 saturated heterocycles. The lowest BCUT2D eigenvalue weighted by molar-refractivity contribution is -0.138. The number of benzene rings is 1. The minimum atomic E-state index is -4.49. The molecule has 0 atom stereocenters. The summed E-state index contributed by atoms with van der Waals surface area (Å²) in [5, 5.41) is 4.09. The third kappa shape index (κ3) is 2.49. The van der Waals surface area contributed by atoms with Crippen LogP contribution in [0.4, 0.5) is 13.2 Å². The second-order valence-electron chi connectivity index (χ2n) is 4.57. The van der Waals surface area contributed by atoms with Gasteiger partial charge in [-0.05, 0) is 31.2 Å². The summed E-state index contributed by atoms with van der Waals surface area (Å²) >= 11 is 0. The van der Waals surface area contributed by atoms with Crippen molar-refractivity contribution in [3.05, 3.63) is 48.3 Å². The second kappa shape index (κ2) is 5.32. The van der Waals surface area contributed by atoms with Crippen LogP contribution < -0.4 is 4.74 Å². The first-order chi connectivity index (χ1) is 10.5. The molecule has 4 nitrogen and oxygen atoms in total. The fraction of sp³-hybridized carbons (Fsp3) is 0.200. The molecule has 3 aromatic rings. The van der Waals surface area contributed by atoms with E-state index in [1.807, 2.05) is 0 Å². The van der Waals surface area contributed by atoms with Gasteiger partial charge in [0.1, 0.15) is 5.75 Å². The lowest BCUT2D eigenvalue weighted by Crippen LogP contribution is -2.09. The van der Waals surface area contributed by atoms with Gasteiger partial charge in [0.2, 0.25) is 0 Å². The van der Waals surface area contributed by atoms with Crippen molar-refractivity contribution in [2.24, 2.45) is 0 Å². The fourth-order valence-corrected chi connectivity index (χ4v) is 2.25. The van der Waals surface area contributed by atoms with E-state index in [0.29, 0.717) is 16.9 Å². The summed E-state index contributed by atoms with van der Waals surface area (Å²) in [7, 11) is 0. The van der Waals surface area contributed by atoms with Gasteiger partial charge in [-0.3, -0.25) is 0 Å². The molecule has 0 aliphatic rings. The van der Waals surface area contributed by atoms with Gasteiger partial charge in [0.05, 0.1) is 24.1 Å². The standard InChI is InChI=1S/C15H12F3N3O/c1-2-22-13-4-3-10(9-11(13)15(16,17)18)12-5-7-19-14-6-8-20-21(12)14/h3-9H,2H2,1H3. The van der Waals surface area contributed by atoms with Crippen LogP contribution in [0.2, 0.25) is 0 Å². The van der Waals surface area contributed by atoms with Crippen LogP contribution in [0.3, 0.4) is 0 Å². The predicted octanol–water partition coefficient (Wildman–Crippen LogP) is 3.81. The van der Waals surface area contributed by atoms with Gasteiger partial charge in [-0.25, -0.2) is 9.50 Å². The number of nitrogens with zero attached hydrogens (tertiary/aromatic N) is 3. The predicted molar refractivity (Wildman–Crippen MR) is 74.6 cm³/mol. The summed E-state index contributed by atoms with van der Waals surface area (Å²) in [5.41, 5.74) is 0.694. The Morgan fingerprint density at radius 2 is 1.95 bits per heavy atom. The van der Waals surface area contributed by atoms with Crippen LogP contribution in [0.1, 0.15) is 12.5 Å². The fourth-order valence-electron chi connectivity index (χ4n) is 2.25. The Kier molecular flexibility index (Phi) is 3.48. The Labute approximate surface area is 124 Å². The molecule has 2 aromatic heterocycles. The van der Waals surface area contributed by atoms with Crippen LogP contribution in [0.25, 0.3) is 16.9 Å². The van der Waals surface area contributed by atoms with Gasteiger partial charge in [0.15, 0.2) is 5.65 Å². The molecule has 0 spiro atoms. The molecule has 7 heteroatoms. The molecular weight excluding hydrogens is 295 g/mol. The van der Waals surface area contributed by atoms with E-state index < -0.39 is 11.7 Å². The molecule has 0 aliphatic heterocycles. The zero-order valence-electron chi connectivity index (χ0n) is 11.6. The third-order valence-electron chi connectivity index (χ3n) is 3.17. The second-order valence-corrected chi connectivity index (χ2v) is 4.57. The van der Waals surface area contributed by atoms with Gasteiger partial charge in [-0.1, -0.05) is 0 Å². The van der Waals surface area contributed by atoms with Gasteiger partial charge in [0, 0.05) is 17.8 Å². The van der Waals surface area contributed by atoms with Crippen molar-refractivity contribution in [2.45, 2.75) is 13.1 Å². The number of fused-ring (bicyclic) bond motifs is 1. The lowest BCUT2D eigenvalue weighted by atomic mass is 10.1. The maximum absolute atomic E-state index is 13.2. The minimum Gasteiger partial charge on any atom is -0.493 e. The smallest absolute Gasteiger partial charge is 0.419 e. The van der Waals surface area contributed by atoms with Crippen LogP contribution in [-0.2, 0) is 6.18 Å². The molecule has 0 radical (unpaired) electrons. The van der Waals surface area contributed by atoms with E-state index in [4.69, 9.17) is 4.74 Å². The summed E-state index contributed by atoms with van der Waals surface area (Å²) in [5.74, 6) is -0.176. The van der Waals surface area contributed by atoms with Gasteiger partial charge < -0.3 is 4.74 Å². The number of ether oxygens (including phenoxy) is 1. The zero-order chi connectivity index (χ0) is 15.7. The number of hydrogen-bond donors (Lipinski definition) is 0. The van der Waals surface area contributed by atoms with Crippen LogP contribution >= 0.6 is 0 Å². The molecule has 2 heterocycles. The molecular formula is C15H12F3N3O. The normalized spacial score (nSPS) is 11.8. The largest absolute Gasteiger partial charge is 0.493 e. The van der Waals surface area contributed by atoms with Crippen molar-refractivity contribution in [3.8, 4) is 17.0 Å². The van der Waals surface area contributed by atoms with Crippen molar-refractivity contribution in [1.82, 2.24) is 14.6 Å². The summed E-state index contributed by atoms with van der Waals surface area (Å²) in [6.45, 7) is 1.81. The monoisotopic (exact) mass is 307 g/mol. The van der Waals surface area contributed by atoms with E-state index in [-0.39, 0.29) is 12.4 Å². The Hall–Kier alpha value is -2.57. The summed E-state index contributed by atoms with van der Waals surface area (Å²) in [4.78, 5) is 4.10. The molecule has 0 saturated carbocycles. The summed E-state index contributed by atoms with van der Waals surface area (Å²) in [6.07, 6.45) is -1.40. The van der Waals surface area contributed by atoms with Crippen LogP contribution in [0.5, 0.6) is 5.75 Å². The van der Waals surface area contributed by atoms with E-state index in [2.05, 4.69) is 10.1 Å². The van der Waals surface area contributed by atoms with Crippen molar-refractivity contribution in [2.75, 3.05) is 6.61 Å². The van der Waals surface area contributed by atoms with E-state index in [9.17, 15) is 13.2 Å². The molecule has 22 heavy (non-hydrogen) atoms. The minimum absolute atomic E-state index is 0.168. The van der Waals surface area contributed by atoms with E-state index in [1.165, 1.54) is 16.8 Å². The SMILES string of the molecule is CCOc1ccc(-c2ccnc3ccnn23)cc1C(F)(F)F. The van der Waals surface area contributed by atoms with Crippen molar-refractivity contribution >= 4 is 5.65 Å². The Morgan fingerprint density at radius 1 is 1.14 bits per heavy atom. The third-order valence-corrected chi connectivity index (χ3v) is 3.17. The number of alkyl halides is 3. The van der Waals surface area contributed by atoms with Crippen molar-refractivity contribution < 1.29 is 17.9 Å². The molecule has 3 rings (SSSR count). The highest BCUT2D eigenvalue weighted by Crippen LogP contribution is 2.38. The van der Waals surface area contributed by atoms with Crippen LogP contribution in [0.15, 0.2) is 42.7 Å². The molecule has 0 aliphatic carbocycles. The molecule has 0 amide bonds. The lowest BCUT2D eigenvalue weighted by Gasteiger charge is -2.15. The number of aromatic nitrogens is 3. The highest BCUT2D eigenvalue weighted by molar-refractivity contribution is 5.65. The quantitative estimate of drug-likeness (QED) is 0.738. The average molecular weight is 307 g/mol. The molecule has 0 bridgehead atoms. The maximum atomic E-state index is 13.2. The van der Waals surface area contributed by atoms with Gasteiger partial charge >= 0.3 is 6.18 Å². The van der Waals surface area contributed by atoms with E-state index in [0.717, 1.165) is 6.07 Å². The maximum Gasteiger partial charge on any atom is 0.419 e. The van der Waals surface area contributed by atoms with Crippen LogP contribution in [-0.4, -0.2) is 21.2 Å². The first kappa shape index (κ1) is 14.4. The Balaban J connectivity index is 2.18. The topological polar surface area (TPSA) is 39.4 Å². The number of hydrogen-bond acceptors (Lipinski definition) is 3. The van der Waals surface area contributed by atoms with Gasteiger partial charge in [-0.15, -0.1) is 0 Å². The molecule has 114 valence electrons.